The molecule has 2 aliphatic rings. The summed E-state index contributed by atoms with van der Waals surface area (Å²) in [7, 11) is 0. The van der Waals surface area contributed by atoms with E-state index in [1.165, 1.54) is 50.8 Å². The Kier molecular flexibility index (Phi) is 4.42. The van der Waals surface area contributed by atoms with E-state index in [0.29, 0.717) is 5.41 Å². The molecule has 5 heteroatoms. The van der Waals surface area contributed by atoms with Gasteiger partial charge in [-0.1, -0.05) is 31.0 Å². The molecule has 0 radical (unpaired) electrons. The number of fused-ring (bicyclic) bond motifs is 1. The summed E-state index contributed by atoms with van der Waals surface area (Å²) < 4.78 is 2.36. The fraction of sp³-hybridized carbons (Fsp3) is 0.857. The fourth-order valence-corrected chi connectivity index (χ4v) is 5.11. The Morgan fingerprint density at radius 3 is 2.74 bits per heavy atom. The molecule has 0 amide bonds. The van der Waals surface area contributed by atoms with Crippen LogP contribution in [0, 0.1) is 5.41 Å². The van der Waals surface area contributed by atoms with Crippen molar-refractivity contribution in [2.45, 2.75) is 63.1 Å². The van der Waals surface area contributed by atoms with Crippen molar-refractivity contribution < 1.29 is 0 Å². The number of rotatable bonds is 4. The van der Waals surface area contributed by atoms with Gasteiger partial charge in [0.25, 0.3) is 0 Å². The smallest absolute Gasteiger partial charge is 0.191 e. The van der Waals surface area contributed by atoms with E-state index in [9.17, 15) is 0 Å². The van der Waals surface area contributed by atoms with Gasteiger partial charge in [0.15, 0.2) is 5.16 Å². The van der Waals surface area contributed by atoms with E-state index in [-0.39, 0.29) is 0 Å². The highest BCUT2D eigenvalue weighted by atomic mass is 32.2. The maximum atomic E-state index is 4.59. The van der Waals surface area contributed by atoms with Crippen LogP contribution in [0.4, 0.5) is 0 Å². The normalized spacial score (nSPS) is 22.2. The van der Waals surface area contributed by atoms with E-state index in [2.05, 4.69) is 27.4 Å². The molecule has 0 unspecified atom stereocenters. The summed E-state index contributed by atoms with van der Waals surface area (Å²) in [4.78, 5) is 0. The summed E-state index contributed by atoms with van der Waals surface area (Å²) in [5, 5.41) is 9.94. The number of thiol groups is 1. The van der Waals surface area contributed by atoms with E-state index >= 15 is 0 Å². The molecule has 1 fully saturated rings. The Balaban J connectivity index is 1.68. The van der Waals surface area contributed by atoms with Crippen molar-refractivity contribution in [1.82, 2.24) is 14.8 Å². The predicted molar refractivity (Wildman–Crippen MR) is 83.1 cm³/mol. The quantitative estimate of drug-likeness (QED) is 0.680. The second kappa shape index (κ2) is 6.08. The van der Waals surface area contributed by atoms with Crippen LogP contribution in [0.5, 0.6) is 0 Å². The number of aromatic nitrogens is 3. The lowest BCUT2D eigenvalue weighted by atomic mass is 9.91. The maximum absolute atomic E-state index is 4.59. The van der Waals surface area contributed by atoms with Gasteiger partial charge >= 0.3 is 0 Å². The van der Waals surface area contributed by atoms with Crippen LogP contribution < -0.4 is 0 Å². The zero-order valence-corrected chi connectivity index (χ0v) is 13.2. The molecule has 0 N–H and O–H groups in total. The lowest BCUT2D eigenvalue weighted by molar-refractivity contribution is 0.402. The molecule has 1 aliphatic carbocycles. The molecule has 0 saturated heterocycles. The van der Waals surface area contributed by atoms with E-state index in [0.717, 1.165) is 29.6 Å². The van der Waals surface area contributed by atoms with Crippen molar-refractivity contribution in [2.75, 3.05) is 11.5 Å². The number of thioether (sulfide) groups is 1. The maximum Gasteiger partial charge on any atom is 0.191 e. The minimum Gasteiger partial charge on any atom is -0.306 e. The average molecular weight is 297 g/mol. The van der Waals surface area contributed by atoms with Gasteiger partial charge in [0.05, 0.1) is 0 Å². The van der Waals surface area contributed by atoms with E-state index in [1.807, 2.05) is 11.8 Å². The van der Waals surface area contributed by atoms with Gasteiger partial charge in [-0.25, -0.2) is 0 Å². The zero-order chi connectivity index (χ0) is 13.1. The summed E-state index contributed by atoms with van der Waals surface area (Å²) in [6.45, 7) is 1.11. The first kappa shape index (κ1) is 13.8. The van der Waals surface area contributed by atoms with E-state index in [1.54, 1.807) is 0 Å². The molecule has 106 valence electrons. The topological polar surface area (TPSA) is 30.7 Å². The van der Waals surface area contributed by atoms with Gasteiger partial charge in [0.2, 0.25) is 0 Å². The third-order valence-corrected chi connectivity index (χ3v) is 6.57. The molecule has 0 aromatic carbocycles. The molecule has 19 heavy (non-hydrogen) atoms. The molecule has 0 bridgehead atoms. The van der Waals surface area contributed by atoms with Gasteiger partial charge in [-0.15, -0.1) is 10.2 Å². The zero-order valence-electron chi connectivity index (χ0n) is 11.5. The van der Waals surface area contributed by atoms with Crippen LogP contribution in [0.15, 0.2) is 5.16 Å². The molecule has 3 rings (SSSR count). The molecule has 0 atom stereocenters. The minimum absolute atomic E-state index is 0.449. The van der Waals surface area contributed by atoms with Crippen LogP contribution in [0.2, 0.25) is 0 Å². The summed E-state index contributed by atoms with van der Waals surface area (Å²) in [5.74, 6) is 3.38. The molecule has 1 aromatic rings. The van der Waals surface area contributed by atoms with Gasteiger partial charge in [-0.05, 0) is 36.9 Å². The molecule has 1 aromatic heterocycles. The molecule has 0 spiro atoms. The number of hydrogen-bond donors (Lipinski definition) is 1. The standard InChI is InChI=1S/C14H23N3S2/c18-10-14(7-3-4-8-14)11-19-13-16-15-12-6-2-1-5-9-17(12)13/h18H,1-11H2. The van der Waals surface area contributed by atoms with E-state index < -0.39 is 0 Å². The first-order valence-electron chi connectivity index (χ1n) is 7.49. The van der Waals surface area contributed by atoms with Gasteiger partial charge in [0, 0.05) is 18.7 Å². The fourth-order valence-electron chi connectivity index (χ4n) is 3.26. The molecule has 1 aliphatic heterocycles. The van der Waals surface area contributed by atoms with Gasteiger partial charge in [0.1, 0.15) is 5.82 Å². The van der Waals surface area contributed by atoms with Crippen molar-refractivity contribution in [3.63, 3.8) is 0 Å². The first-order valence-corrected chi connectivity index (χ1v) is 9.11. The third kappa shape index (κ3) is 2.97. The lowest BCUT2D eigenvalue weighted by Crippen LogP contribution is -2.22. The summed E-state index contributed by atoms with van der Waals surface area (Å²) >= 11 is 6.50. The van der Waals surface area contributed by atoms with Crippen molar-refractivity contribution in [3.05, 3.63) is 5.82 Å². The van der Waals surface area contributed by atoms with Crippen molar-refractivity contribution in [2.24, 2.45) is 5.41 Å². The van der Waals surface area contributed by atoms with Gasteiger partial charge in [-0.3, -0.25) is 0 Å². The summed E-state index contributed by atoms with van der Waals surface area (Å²) in [6, 6.07) is 0. The second-order valence-corrected chi connectivity index (χ2v) is 7.27. The third-order valence-electron chi connectivity index (χ3n) is 4.58. The molecule has 3 nitrogen and oxygen atoms in total. The molecule has 2 heterocycles. The summed E-state index contributed by atoms with van der Waals surface area (Å²) in [6.07, 6.45) is 10.4. The Morgan fingerprint density at radius 1 is 1.11 bits per heavy atom. The molecular weight excluding hydrogens is 274 g/mol. The lowest BCUT2D eigenvalue weighted by Gasteiger charge is -2.26. The monoisotopic (exact) mass is 297 g/mol. The Hall–Kier alpha value is -0.160. The molecule has 1 saturated carbocycles. The van der Waals surface area contributed by atoms with Crippen LogP contribution in [-0.2, 0) is 13.0 Å². The number of aryl methyl sites for hydroxylation is 1. The second-order valence-electron chi connectivity index (χ2n) is 6.01. The minimum atomic E-state index is 0.449. The SMILES string of the molecule is SCC1(CSc2nnc3n2CCCCC3)CCCC1. The largest absolute Gasteiger partial charge is 0.306 e. The van der Waals surface area contributed by atoms with Crippen LogP contribution >= 0.6 is 24.4 Å². The van der Waals surface area contributed by atoms with Crippen LogP contribution in [0.1, 0.15) is 50.8 Å². The van der Waals surface area contributed by atoms with Gasteiger partial charge in [-0.2, -0.15) is 12.6 Å². The molecular formula is C14H23N3S2. The Morgan fingerprint density at radius 2 is 1.95 bits per heavy atom. The Bertz CT molecular complexity index is 424. The first-order chi connectivity index (χ1) is 9.33. The summed E-state index contributed by atoms with van der Waals surface area (Å²) in [5.41, 5.74) is 0.449. The van der Waals surface area contributed by atoms with Crippen LogP contribution in [0.3, 0.4) is 0 Å². The van der Waals surface area contributed by atoms with Crippen molar-refractivity contribution in [3.8, 4) is 0 Å². The number of hydrogen-bond acceptors (Lipinski definition) is 4. The average Bonchev–Trinajstić information content (AvgIpc) is 2.99. The highest BCUT2D eigenvalue weighted by Gasteiger charge is 2.33. The van der Waals surface area contributed by atoms with Gasteiger partial charge < -0.3 is 4.57 Å². The highest BCUT2D eigenvalue weighted by Crippen LogP contribution is 2.42. The van der Waals surface area contributed by atoms with E-state index in [4.69, 9.17) is 0 Å². The van der Waals surface area contributed by atoms with Crippen LogP contribution in [0.25, 0.3) is 0 Å². The van der Waals surface area contributed by atoms with Crippen molar-refractivity contribution in [1.29, 1.82) is 0 Å². The highest BCUT2D eigenvalue weighted by molar-refractivity contribution is 7.99. The van der Waals surface area contributed by atoms with Crippen molar-refractivity contribution >= 4 is 24.4 Å². The Labute approximate surface area is 125 Å². The van der Waals surface area contributed by atoms with Crippen LogP contribution in [-0.4, -0.2) is 26.3 Å². The predicted octanol–water partition coefficient (Wildman–Crippen LogP) is 3.59. The number of nitrogens with zero attached hydrogens (tertiary/aromatic N) is 3.